The fourth-order valence-corrected chi connectivity index (χ4v) is 3.63. The summed E-state index contributed by atoms with van der Waals surface area (Å²) in [6, 6.07) is 6.56. The van der Waals surface area contributed by atoms with E-state index in [0.29, 0.717) is 19.5 Å². The maximum absolute atomic E-state index is 13.3. The molecule has 6 nitrogen and oxygen atoms in total. The number of rotatable bonds is 3. The number of alkyl halides is 3. The van der Waals surface area contributed by atoms with Gasteiger partial charge in [-0.3, -0.25) is 4.79 Å². The van der Waals surface area contributed by atoms with Gasteiger partial charge in [0.2, 0.25) is 0 Å². The molecule has 3 aromatic rings. The Kier molecular flexibility index (Phi) is 4.44. The van der Waals surface area contributed by atoms with E-state index in [1.165, 1.54) is 29.4 Å². The van der Waals surface area contributed by atoms with E-state index < -0.39 is 17.6 Å². The standard InChI is InChI=1S/C19H18F3N5O/c1-26(18(28)13-4-2-3-5-15(13)19(20,21)22)12-7-9-27(10-12)17-14-6-8-23-16(14)24-11-25-17/h2-6,8,11-12H,7,9-10H2,1H3,(H,23,24,25). The van der Waals surface area contributed by atoms with Crippen LogP contribution in [0.1, 0.15) is 22.3 Å². The number of nitrogens with one attached hydrogen (secondary N) is 1. The summed E-state index contributed by atoms with van der Waals surface area (Å²) in [6.07, 6.45) is -0.682. The van der Waals surface area contributed by atoms with Gasteiger partial charge in [-0.1, -0.05) is 12.1 Å². The van der Waals surface area contributed by atoms with Crippen LogP contribution in [-0.2, 0) is 6.18 Å². The van der Waals surface area contributed by atoms with E-state index in [1.54, 1.807) is 13.2 Å². The smallest absolute Gasteiger partial charge is 0.354 e. The fraction of sp³-hybridized carbons (Fsp3) is 0.316. The van der Waals surface area contributed by atoms with Gasteiger partial charge in [0.05, 0.1) is 22.6 Å². The molecular formula is C19H18F3N5O. The lowest BCUT2D eigenvalue weighted by atomic mass is 10.0. The summed E-state index contributed by atoms with van der Waals surface area (Å²) in [6.45, 7) is 1.15. The number of carbonyl (C=O) groups excluding carboxylic acids is 1. The molecule has 2 aromatic heterocycles. The summed E-state index contributed by atoms with van der Waals surface area (Å²) in [5.74, 6) is 0.125. The summed E-state index contributed by atoms with van der Waals surface area (Å²) in [5, 5.41) is 0.875. The second-order valence-electron chi connectivity index (χ2n) is 6.79. The zero-order chi connectivity index (χ0) is 19.9. The minimum Gasteiger partial charge on any atom is -0.354 e. The Bertz CT molecular complexity index is 1020. The van der Waals surface area contributed by atoms with Crippen molar-refractivity contribution < 1.29 is 18.0 Å². The molecule has 1 amide bonds. The maximum Gasteiger partial charge on any atom is 0.417 e. The molecule has 146 valence electrons. The molecule has 1 N–H and O–H groups in total. The van der Waals surface area contributed by atoms with E-state index in [9.17, 15) is 18.0 Å². The Labute approximate surface area is 159 Å². The molecule has 1 aliphatic heterocycles. The van der Waals surface area contributed by atoms with Gasteiger partial charge in [-0.25, -0.2) is 9.97 Å². The molecule has 0 spiro atoms. The SMILES string of the molecule is CN(C(=O)c1ccccc1C(F)(F)F)C1CCN(c2ncnc3[nH]ccc23)C1. The summed E-state index contributed by atoms with van der Waals surface area (Å²) >= 11 is 0. The molecule has 0 saturated carbocycles. The predicted molar refractivity (Wildman–Crippen MR) is 98.0 cm³/mol. The Morgan fingerprint density at radius 2 is 2.04 bits per heavy atom. The molecule has 4 rings (SSSR count). The van der Waals surface area contributed by atoms with Crippen LogP contribution in [0.3, 0.4) is 0 Å². The average Bonchev–Trinajstić information content (AvgIpc) is 3.35. The number of halogens is 3. The largest absolute Gasteiger partial charge is 0.417 e. The lowest BCUT2D eigenvalue weighted by Crippen LogP contribution is -2.39. The molecule has 1 fully saturated rings. The van der Waals surface area contributed by atoms with Gasteiger partial charge in [-0.15, -0.1) is 0 Å². The summed E-state index contributed by atoms with van der Waals surface area (Å²) < 4.78 is 39.8. The van der Waals surface area contributed by atoms with Crippen LogP contribution >= 0.6 is 0 Å². The van der Waals surface area contributed by atoms with Crippen molar-refractivity contribution in [2.24, 2.45) is 0 Å². The number of carbonyl (C=O) groups is 1. The highest BCUT2D eigenvalue weighted by atomic mass is 19.4. The highest BCUT2D eigenvalue weighted by Gasteiger charge is 2.37. The van der Waals surface area contributed by atoms with Crippen molar-refractivity contribution in [2.75, 3.05) is 25.0 Å². The van der Waals surface area contributed by atoms with Crippen molar-refractivity contribution in [3.63, 3.8) is 0 Å². The zero-order valence-corrected chi connectivity index (χ0v) is 15.1. The predicted octanol–water partition coefficient (Wildman–Crippen LogP) is 3.33. The molecule has 3 heterocycles. The third kappa shape index (κ3) is 3.17. The monoisotopic (exact) mass is 389 g/mol. The lowest BCUT2D eigenvalue weighted by Gasteiger charge is -2.26. The van der Waals surface area contributed by atoms with Crippen LogP contribution in [0.2, 0.25) is 0 Å². The number of hydrogen-bond acceptors (Lipinski definition) is 4. The van der Waals surface area contributed by atoms with Gasteiger partial charge >= 0.3 is 6.18 Å². The number of H-pyrrole nitrogens is 1. The van der Waals surface area contributed by atoms with E-state index >= 15 is 0 Å². The van der Waals surface area contributed by atoms with Gasteiger partial charge in [0, 0.05) is 26.3 Å². The second-order valence-corrected chi connectivity index (χ2v) is 6.79. The van der Waals surface area contributed by atoms with Crippen molar-refractivity contribution in [1.29, 1.82) is 0 Å². The van der Waals surface area contributed by atoms with E-state index in [0.717, 1.165) is 22.9 Å². The first-order valence-corrected chi connectivity index (χ1v) is 8.82. The number of anilines is 1. The topological polar surface area (TPSA) is 65.1 Å². The van der Waals surface area contributed by atoms with Crippen LogP contribution in [0.25, 0.3) is 11.0 Å². The molecule has 1 aromatic carbocycles. The van der Waals surface area contributed by atoms with Crippen LogP contribution in [0.5, 0.6) is 0 Å². The third-order valence-corrected chi connectivity index (χ3v) is 5.13. The highest BCUT2D eigenvalue weighted by molar-refractivity contribution is 5.96. The summed E-state index contributed by atoms with van der Waals surface area (Å²) in [4.78, 5) is 27.8. The third-order valence-electron chi connectivity index (χ3n) is 5.13. The van der Waals surface area contributed by atoms with Crippen LogP contribution in [0.15, 0.2) is 42.9 Å². The minimum atomic E-state index is -4.57. The molecule has 1 saturated heterocycles. The number of fused-ring (bicyclic) bond motifs is 1. The molecule has 1 aliphatic rings. The Morgan fingerprint density at radius 3 is 2.82 bits per heavy atom. The van der Waals surface area contributed by atoms with Crippen LogP contribution in [0, 0.1) is 0 Å². The number of amides is 1. The second kappa shape index (κ2) is 6.81. The molecule has 28 heavy (non-hydrogen) atoms. The molecule has 0 bridgehead atoms. The van der Waals surface area contributed by atoms with Gasteiger partial charge in [0.15, 0.2) is 0 Å². The number of likely N-dealkylation sites (N-methyl/N-ethyl adjacent to an activating group) is 1. The quantitative estimate of drug-likeness (QED) is 0.746. The summed E-state index contributed by atoms with van der Waals surface area (Å²) in [5.41, 5.74) is -0.519. The highest BCUT2D eigenvalue weighted by Crippen LogP contribution is 2.33. The number of benzene rings is 1. The van der Waals surface area contributed by atoms with Gasteiger partial charge < -0.3 is 14.8 Å². The normalized spacial score (nSPS) is 17.3. The van der Waals surface area contributed by atoms with Crippen LogP contribution in [0.4, 0.5) is 19.0 Å². The number of nitrogens with zero attached hydrogens (tertiary/aromatic N) is 4. The molecular weight excluding hydrogens is 371 g/mol. The van der Waals surface area contributed by atoms with E-state index in [4.69, 9.17) is 0 Å². The van der Waals surface area contributed by atoms with E-state index in [2.05, 4.69) is 15.0 Å². The molecule has 1 atom stereocenters. The first-order valence-electron chi connectivity index (χ1n) is 8.82. The maximum atomic E-state index is 13.3. The Morgan fingerprint density at radius 1 is 1.25 bits per heavy atom. The van der Waals surface area contributed by atoms with Crippen molar-refractivity contribution in [2.45, 2.75) is 18.6 Å². The lowest BCUT2D eigenvalue weighted by molar-refractivity contribution is -0.138. The molecule has 9 heteroatoms. The molecule has 0 aliphatic carbocycles. The average molecular weight is 389 g/mol. The van der Waals surface area contributed by atoms with Gasteiger partial charge in [-0.05, 0) is 24.6 Å². The first kappa shape index (κ1) is 18.3. The number of aromatic amines is 1. The fourth-order valence-electron chi connectivity index (χ4n) is 3.63. The van der Waals surface area contributed by atoms with Crippen molar-refractivity contribution in [3.8, 4) is 0 Å². The molecule has 1 unspecified atom stereocenters. The zero-order valence-electron chi connectivity index (χ0n) is 15.1. The number of hydrogen-bond donors (Lipinski definition) is 1. The van der Waals surface area contributed by atoms with E-state index in [1.807, 2.05) is 11.0 Å². The van der Waals surface area contributed by atoms with E-state index in [-0.39, 0.29) is 11.6 Å². The van der Waals surface area contributed by atoms with Crippen LogP contribution < -0.4 is 4.90 Å². The minimum absolute atomic E-state index is 0.210. The van der Waals surface area contributed by atoms with Gasteiger partial charge in [0.1, 0.15) is 17.8 Å². The Hall–Kier alpha value is -3.10. The van der Waals surface area contributed by atoms with Gasteiger partial charge in [-0.2, -0.15) is 13.2 Å². The Balaban J connectivity index is 1.55. The van der Waals surface area contributed by atoms with Crippen molar-refractivity contribution in [1.82, 2.24) is 19.9 Å². The summed E-state index contributed by atoms with van der Waals surface area (Å²) in [7, 11) is 1.55. The molecule has 0 radical (unpaired) electrons. The first-order chi connectivity index (χ1) is 13.4. The van der Waals surface area contributed by atoms with Crippen LogP contribution in [-0.4, -0.2) is 51.9 Å². The van der Waals surface area contributed by atoms with Gasteiger partial charge in [0.25, 0.3) is 5.91 Å². The number of aromatic nitrogens is 3. The van der Waals surface area contributed by atoms with Crippen molar-refractivity contribution >= 4 is 22.8 Å². The van der Waals surface area contributed by atoms with Crippen molar-refractivity contribution in [3.05, 3.63) is 54.0 Å².